The summed E-state index contributed by atoms with van der Waals surface area (Å²) in [5, 5.41) is 15.4. The van der Waals surface area contributed by atoms with E-state index >= 15 is 0 Å². The average Bonchev–Trinajstić information content (AvgIpc) is 2.80. The number of carbonyl (C=O) groups is 3. The van der Waals surface area contributed by atoms with Gasteiger partial charge in [-0.15, -0.1) is 0 Å². The summed E-state index contributed by atoms with van der Waals surface area (Å²) in [5.41, 5.74) is 7.91. The van der Waals surface area contributed by atoms with Crippen LogP contribution >= 0.6 is 24.4 Å². The van der Waals surface area contributed by atoms with Gasteiger partial charge in [0, 0.05) is 31.3 Å². The third kappa shape index (κ3) is 7.13. The van der Waals surface area contributed by atoms with Crippen molar-refractivity contribution in [3.05, 3.63) is 35.4 Å². The summed E-state index contributed by atoms with van der Waals surface area (Å²) in [6.45, 7) is 2.63. The van der Waals surface area contributed by atoms with Gasteiger partial charge in [-0.25, -0.2) is 4.79 Å². The summed E-state index contributed by atoms with van der Waals surface area (Å²) in [5.74, 6) is -0.601. The van der Waals surface area contributed by atoms with Crippen LogP contribution in [0.1, 0.15) is 30.9 Å². The number of thioether (sulfide) groups is 1. The lowest BCUT2D eigenvalue weighted by atomic mass is 9.92. The maximum absolute atomic E-state index is 13.5. The smallest absolute Gasteiger partial charge is 0.326 e. The van der Waals surface area contributed by atoms with Crippen LogP contribution in [0.5, 0.6) is 0 Å². The lowest BCUT2D eigenvalue weighted by molar-refractivity contribution is -0.146. The van der Waals surface area contributed by atoms with Crippen molar-refractivity contribution in [1.29, 1.82) is 0 Å². The fraction of sp³-hybridized carbons (Fsp3) is 0.591. The van der Waals surface area contributed by atoms with Gasteiger partial charge in [0.15, 0.2) is 0 Å². The number of aliphatic carboxylic acids is 1. The average molecular weight is 483 g/mol. The molecule has 0 saturated heterocycles. The topological polar surface area (TPSA) is 125 Å². The molecule has 4 atom stereocenters. The van der Waals surface area contributed by atoms with Gasteiger partial charge in [-0.1, -0.05) is 31.2 Å². The molecule has 0 saturated carbocycles. The Labute approximate surface area is 199 Å². The Hall–Kier alpha value is -1.75. The van der Waals surface area contributed by atoms with Crippen LogP contribution in [0.25, 0.3) is 0 Å². The quantitative estimate of drug-likeness (QED) is 0.280. The van der Waals surface area contributed by atoms with Gasteiger partial charge in [-0.3, -0.25) is 9.59 Å². The molecule has 5 N–H and O–H groups in total. The highest BCUT2D eigenvalue weighted by atomic mass is 32.2. The number of hydrogen-bond donors (Lipinski definition) is 5. The number of nitrogens with zero attached hydrogens (tertiary/aromatic N) is 1. The third-order valence-corrected chi connectivity index (χ3v) is 6.74. The fourth-order valence-electron chi connectivity index (χ4n) is 3.71. The van der Waals surface area contributed by atoms with Crippen LogP contribution in [0.2, 0.25) is 0 Å². The number of nitrogens with one attached hydrogen (secondary N) is 2. The summed E-state index contributed by atoms with van der Waals surface area (Å²) in [6, 6.07) is 5.27. The molecule has 8 nitrogen and oxygen atoms in total. The lowest BCUT2D eigenvalue weighted by Gasteiger charge is -2.38. The fourth-order valence-corrected chi connectivity index (χ4v) is 4.31. The van der Waals surface area contributed by atoms with Crippen molar-refractivity contribution in [2.24, 2.45) is 5.73 Å². The van der Waals surface area contributed by atoms with Crippen molar-refractivity contribution in [3.8, 4) is 0 Å². The van der Waals surface area contributed by atoms with Crippen molar-refractivity contribution in [2.45, 2.75) is 56.9 Å². The molecular formula is C22H34N4O4S2. The van der Waals surface area contributed by atoms with E-state index < -0.39 is 30.0 Å². The molecule has 1 aliphatic rings. The van der Waals surface area contributed by atoms with Gasteiger partial charge >= 0.3 is 5.97 Å². The van der Waals surface area contributed by atoms with Gasteiger partial charge in [0.05, 0.1) is 6.04 Å². The van der Waals surface area contributed by atoms with E-state index in [0.29, 0.717) is 43.9 Å². The van der Waals surface area contributed by atoms with E-state index in [1.54, 1.807) is 4.90 Å². The van der Waals surface area contributed by atoms with Crippen molar-refractivity contribution in [3.63, 3.8) is 0 Å². The summed E-state index contributed by atoms with van der Waals surface area (Å²) >= 11 is 5.70. The number of amides is 2. The number of benzene rings is 1. The molecule has 178 valence electrons. The molecule has 2 rings (SSSR count). The number of carboxylic acid groups (broad SMARTS) is 1. The van der Waals surface area contributed by atoms with E-state index in [0.717, 1.165) is 11.1 Å². The number of hydrogen-bond acceptors (Lipinski definition) is 7. The molecule has 0 bridgehead atoms. The number of carbonyl (C=O) groups excluding carboxylic acids is 2. The van der Waals surface area contributed by atoms with E-state index in [2.05, 4.69) is 23.3 Å². The first-order chi connectivity index (χ1) is 15.3. The van der Waals surface area contributed by atoms with E-state index in [4.69, 9.17) is 5.73 Å². The molecule has 0 radical (unpaired) electrons. The van der Waals surface area contributed by atoms with Crippen molar-refractivity contribution >= 4 is 42.2 Å². The first-order valence-corrected chi connectivity index (χ1v) is 12.8. The summed E-state index contributed by atoms with van der Waals surface area (Å²) in [4.78, 5) is 39.9. The van der Waals surface area contributed by atoms with Crippen LogP contribution in [0.4, 0.5) is 0 Å². The maximum atomic E-state index is 13.5. The second-order valence-electron chi connectivity index (χ2n) is 7.95. The van der Waals surface area contributed by atoms with Crippen LogP contribution in [0.15, 0.2) is 24.3 Å². The zero-order valence-corrected chi connectivity index (χ0v) is 20.3. The highest BCUT2D eigenvalue weighted by Crippen LogP contribution is 2.25. The van der Waals surface area contributed by atoms with E-state index in [9.17, 15) is 19.5 Å². The van der Waals surface area contributed by atoms with Crippen LogP contribution in [-0.2, 0) is 27.3 Å². The molecule has 1 aromatic carbocycles. The first kappa shape index (κ1) is 26.5. The van der Waals surface area contributed by atoms with Gasteiger partial charge in [-0.2, -0.15) is 24.4 Å². The number of rotatable bonds is 12. The Balaban J connectivity index is 2.25. The van der Waals surface area contributed by atoms with E-state index in [1.165, 1.54) is 11.8 Å². The van der Waals surface area contributed by atoms with Gasteiger partial charge in [0.25, 0.3) is 0 Å². The SMILES string of the molecule is CC[C@@H](NC[C@H](N)CS)C(=O)N1Cc2ccccc2C[C@@H]1C(=O)N[C@@H](CCSC)C(=O)O. The van der Waals surface area contributed by atoms with Crippen LogP contribution < -0.4 is 16.4 Å². The largest absolute Gasteiger partial charge is 0.480 e. The number of carboxylic acids is 1. The monoisotopic (exact) mass is 482 g/mol. The molecule has 2 amide bonds. The standard InChI is InChI=1S/C22H34N4O4S2/c1-3-17(24-11-16(23)13-31)21(28)26-12-15-7-5-4-6-14(15)10-19(26)20(27)25-18(22(29)30)8-9-32-2/h4-7,16-19,24,31H,3,8-13,23H2,1-2H3,(H,25,27)(H,29,30)/t16-,17+,18-,19+/m0/s1. The van der Waals surface area contributed by atoms with Crippen LogP contribution in [0, 0.1) is 0 Å². The first-order valence-electron chi connectivity index (χ1n) is 10.8. The molecule has 0 fully saturated rings. The number of nitrogens with two attached hydrogens (primary N) is 1. The Morgan fingerprint density at radius 1 is 1.28 bits per heavy atom. The summed E-state index contributed by atoms with van der Waals surface area (Å²) in [6.07, 6.45) is 3.09. The second-order valence-corrected chi connectivity index (χ2v) is 9.30. The zero-order valence-electron chi connectivity index (χ0n) is 18.6. The minimum Gasteiger partial charge on any atom is -0.480 e. The van der Waals surface area contributed by atoms with Crippen molar-refractivity contribution in [1.82, 2.24) is 15.5 Å². The Morgan fingerprint density at radius 2 is 1.97 bits per heavy atom. The minimum absolute atomic E-state index is 0.186. The lowest BCUT2D eigenvalue weighted by Crippen LogP contribution is -2.59. The Morgan fingerprint density at radius 3 is 2.56 bits per heavy atom. The zero-order chi connectivity index (χ0) is 23.7. The summed E-state index contributed by atoms with van der Waals surface area (Å²) in [7, 11) is 0. The number of thiol groups is 1. The molecule has 1 aromatic rings. The molecule has 1 aliphatic heterocycles. The van der Waals surface area contributed by atoms with Gasteiger partial charge in [-0.05, 0) is 36.0 Å². The van der Waals surface area contributed by atoms with E-state index in [-0.39, 0.29) is 11.9 Å². The number of fused-ring (bicyclic) bond motifs is 1. The minimum atomic E-state index is -1.07. The molecule has 1 heterocycles. The van der Waals surface area contributed by atoms with Gasteiger partial charge in [0.2, 0.25) is 11.8 Å². The van der Waals surface area contributed by atoms with E-state index in [1.807, 2.05) is 37.4 Å². The maximum Gasteiger partial charge on any atom is 0.326 e. The third-order valence-electron chi connectivity index (χ3n) is 5.63. The second kappa shape index (κ2) is 13.1. The summed E-state index contributed by atoms with van der Waals surface area (Å²) < 4.78 is 0. The molecule has 0 spiro atoms. The molecule has 0 unspecified atom stereocenters. The van der Waals surface area contributed by atoms with Gasteiger partial charge < -0.3 is 26.4 Å². The van der Waals surface area contributed by atoms with Crippen molar-refractivity contribution < 1.29 is 19.5 Å². The van der Waals surface area contributed by atoms with Gasteiger partial charge in [0.1, 0.15) is 12.1 Å². The molecule has 10 heteroatoms. The molecular weight excluding hydrogens is 448 g/mol. The predicted octanol–water partition coefficient (Wildman–Crippen LogP) is 0.888. The molecule has 0 aromatic heterocycles. The Bertz CT molecular complexity index is 795. The highest BCUT2D eigenvalue weighted by Gasteiger charge is 2.38. The van der Waals surface area contributed by atoms with Crippen LogP contribution in [-0.4, -0.2) is 76.3 Å². The van der Waals surface area contributed by atoms with Crippen molar-refractivity contribution in [2.75, 3.05) is 24.3 Å². The predicted molar refractivity (Wildman–Crippen MR) is 131 cm³/mol. The Kier molecular flexibility index (Phi) is 10.8. The molecule has 0 aliphatic carbocycles. The normalized spacial score (nSPS) is 18.4. The van der Waals surface area contributed by atoms with Crippen LogP contribution in [0.3, 0.4) is 0 Å². The molecule has 32 heavy (non-hydrogen) atoms. The highest BCUT2D eigenvalue weighted by molar-refractivity contribution is 7.98.